The number of imidazole rings is 1. The van der Waals surface area contributed by atoms with Gasteiger partial charge < -0.3 is 5.11 Å². The maximum absolute atomic E-state index is 14.3. The second-order valence-electron chi connectivity index (χ2n) is 9.66. The number of aromatic carboxylic acids is 1. The summed E-state index contributed by atoms with van der Waals surface area (Å²) in [5.41, 5.74) is 3.90. The van der Waals surface area contributed by atoms with Crippen molar-refractivity contribution in [3.05, 3.63) is 81.5 Å². The first kappa shape index (κ1) is 25.0. The van der Waals surface area contributed by atoms with Gasteiger partial charge in [0, 0.05) is 12.2 Å². The molecule has 6 heteroatoms. The first-order valence-electron chi connectivity index (χ1n) is 12.8. The molecule has 2 aromatic carbocycles. The van der Waals surface area contributed by atoms with Gasteiger partial charge in [0.15, 0.2) is 0 Å². The third-order valence-electron chi connectivity index (χ3n) is 7.27. The van der Waals surface area contributed by atoms with Crippen molar-refractivity contribution in [2.45, 2.75) is 78.1 Å². The molecule has 1 N–H and O–H groups in total. The number of rotatable bonds is 10. The third-order valence-corrected chi connectivity index (χ3v) is 7.27. The molecule has 0 saturated heterocycles. The minimum atomic E-state index is -0.963. The summed E-state index contributed by atoms with van der Waals surface area (Å²) in [5.74, 6) is -0.523. The Morgan fingerprint density at radius 1 is 1.00 bits per heavy atom. The van der Waals surface area contributed by atoms with Crippen molar-refractivity contribution in [3.8, 4) is 11.1 Å². The fourth-order valence-corrected chi connectivity index (χ4v) is 5.33. The molecule has 0 unspecified atom stereocenters. The van der Waals surface area contributed by atoms with Crippen molar-refractivity contribution < 1.29 is 14.3 Å². The first-order valence-corrected chi connectivity index (χ1v) is 12.8. The number of carbonyl (C=O) groups is 1. The highest BCUT2D eigenvalue weighted by molar-refractivity contribution is 5.95. The van der Waals surface area contributed by atoms with Crippen LogP contribution < -0.4 is 5.69 Å². The molecule has 0 spiro atoms. The van der Waals surface area contributed by atoms with Crippen molar-refractivity contribution in [2.24, 2.45) is 5.92 Å². The lowest BCUT2D eigenvalue weighted by Gasteiger charge is -2.22. The first-order chi connectivity index (χ1) is 17.0. The lowest BCUT2D eigenvalue weighted by molar-refractivity contribution is 0.0697. The Bertz CT molecular complexity index is 1200. The highest BCUT2D eigenvalue weighted by Gasteiger charge is 2.23. The minimum absolute atomic E-state index is 0.116. The topological polar surface area (TPSA) is 64.2 Å². The van der Waals surface area contributed by atoms with Crippen LogP contribution >= 0.6 is 0 Å². The SMILES string of the molecule is CCCCc1c(CF)n(CC2CCCCC2)c(=O)n1Cc1ccc(-c2ccccc2C(=O)O)cc1. The van der Waals surface area contributed by atoms with E-state index in [1.165, 1.54) is 19.3 Å². The van der Waals surface area contributed by atoms with E-state index in [1.807, 2.05) is 30.3 Å². The molecular formula is C29H35FN2O3. The second kappa shape index (κ2) is 11.5. The Labute approximate surface area is 206 Å². The number of benzene rings is 2. The summed E-state index contributed by atoms with van der Waals surface area (Å²) in [6.07, 6.45) is 8.40. The Hall–Kier alpha value is -3.15. The van der Waals surface area contributed by atoms with Gasteiger partial charge in [-0.15, -0.1) is 0 Å². The quantitative estimate of drug-likeness (QED) is 0.364. The van der Waals surface area contributed by atoms with Crippen LogP contribution in [0.15, 0.2) is 53.3 Å². The van der Waals surface area contributed by atoms with E-state index in [9.17, 15) is 19.1 Å². The van der Waals surface area contributed by atoms with Crippen LogP contribution in [0.5, 0.6) is 0 Å². The molecule has 4 rings (SSSR count). The van der Waals surface area contributed by atoms with Gasteiger partial charge >= 0.3 is 11.7 Å². The molecule has 1 aliphatic carbocycles. The van der Waals surface area contributed by atoms with Gasteiger partial charge in [0.25, 0.3) is 0 Å². The Morgan fingerprint density at radius 2 is 1.71 bits per heavy atom. The summed E-state index contributed by atoms with van der Waals surface area (Å²) in [5, 5.41) is 9.51. The molecule has 0 amide bonds. The standard InChI is InChI=1S/C29H35FN2O3/c1-2-3-13-26-27(18-30)32(19-21-9-5-4-6-10-21)29(35)31(26)20-22-14-16-23(17-15-22)24-11-7-8-12-25(24)28(33)34/h7-8,11-12,14-17,21H,2-6,9-10,13,18-20H2,1H3,(H,33,34). The Kier molecular flexibility index (Phi) is 8.21. The van der Waals surface area contributed by atoms with E-state index >= 15 is 0 Å². The van der Waals surface area contributed by atoms with Crippen molar-refractivity contribution in [1.29, 1.82) is 0 Å². The van der Waals surface area contributed by atoms with Gasteiger partial charge in [-0.25, -0.2) is 14.0 Å². The van der Waals surface area contributed by atoms with E-state index in [0.29, 0.717) is 36.7 Å². The summed E-state index contributed by atoms with van der Waals surface area (Å²) in [4.78, 5) is 25.1. The molecule has 35 heavy (non-hydrogen) atoms. The van der Waals surface area contributed by atoms with Crippen molar-refractivity contribution in [3.63, 3.8) is 0 Å². The van der Waals surface area contributed by atoms with Crippen LogP contribution in [0.1, 0.15) is 79.2 Å². The molecule has 0 bridgehead atoms. The zero-order chi connectivity index (χ0) is 24.8. The molecule has 0 radical (unpaired) electrons. The molecule has 3 aromatic rings. The molecule has 0 atom stereocenters. The molecule has 1 aliphatic rings. The third kappa shape index (κ3) is 5.58. The number of carboxylic acid groups (broad SMARTS) is 1. The van der Waals surface area contributed by atoms with Crippen LogP contribution in [-0.4, -0.2) is 20.2 Å². The van der Waals surface area contributed by atoms with Gasteiger partial charge in [0.2, 0.25) is 0 Å². The molecule has 1 aromatic heterocycles. The monoisotopic (exact) mass is 478 g/mol. The average molecular weight is 479 g/mol. The van der Waals surface area contributed by atoms with E-state index < -0.39 is 12.6 Å². The van der Waals surface area contributed by atoms with Gasteiger partial charge in [-0.05, 0) is 54.4 Å². The largest absolute Gasteiger partial charge is 0.478 e. The predicted octanol–water partition coefficient (Wildman–Crippen LogP) is 6.46. The maximum atomic E-state index is 14.3. The molecule has 5 nitrogen and oxygen atoms in total. The summed E-state index contributed by atoms with van der Waals surface area (Å²) < 4.78 is 17.7. The number of carboxylic acids is 1. The highest BCUT2D eigenvalue weighted by Crippen LogP contribution is 2.27. The number of unbranched alkanes of at least 4 members (excludes halogenated alkanes) is 1. The normalized spacial score (nSPS) is 14.3. The van der Waals surface area contributed by atoms with Crippen molar-refractivity contribution in [2.75, 3.05) is 0 Å². The summed E-state index contributed by atoms with van der Waals surface area (Å²) >= 11 is 0. The van der Waals surface area contributed by atoms with Gasteiger partial charge in [-0.1, -0.05) is 75.1 Å². The molecular weight excluding hydrogens is 443 g/mol. The Morgan fingerprint density at radius 3 is 2.37 bits per heavy atom. The van der Waals surface area contributed by atoms with Crippen molar-refractivity contribution in [1.82, 2.24) is 9.13 Å². The van der Waals surface area contributed by atoms with Gasteiger partial charge in [-0.2, -0.15) is 0 Å². The van der Waals surface area contributed by atoms with Crippen LogP contribution in [0.2, 0.25) is 0 Å². The summed E-state index contributed by atoms with van der Waals surface area (Å²) in [7, 11) is 0. The highest BCUT2D eigenvalue weighted by atomic mass is 19.1. The average Bonchev–Trinajstić information content (AvgIpc) is 3.13. The minimum Gasteiger partial charge on any atom is -0.478 e. The molecule has 1 saturated carbocycles. The fourth-order valence-electron chi connectivity index (χ4n) is 5.33. The van der Waals surface area contributed by atoms with Gasteiger partial charge in [-0.3, -0.25) is 9.13 Å². The van der Waals surface area contributed by atoms with Crippen molar-refractivity contribution >= 4 is 5.97 Å². The van der Waals surface area contributed by atoms with Gasteiger partial charge in [0.05, 0.1) is 17.8 Å². The lowest BCUT2D eigenvalue weighted by Crippen LogP contribution is -2.29. The molecule has 1 heterocycles. The lowest BCUT2D eigenvalue weighted by atomic mass is 9.89. The zero-order valence-electron chi connectivity index (χ0n) is 20.5. The van der Waals surface area contributed by atoms with E-state index in [2.05, 4.69) is 6.92 Å². The summed E-state index contributed by atoms with van der Waals surface area (Å²) in [6.45, 7) is 2.46. The second-order valence-corrected chi connectivity index (χ2v) is 9.66. The van der Waals surface area contributed by atoms with E-state index in [4.69, 9.17) is 0 Å². The number of hydrogen-bond acceptors (Lipinski definition) is 2. The van der Waals surface area contributed by atoms with E-state index in [-0.39, 0.29) is 11.3 Å². The number of halogens is 1. The molecule has 186 valence electrons. The Balaban J connectivity index is 1.65. The smallest absolute Gasteiger partial charge is 0.336 e. The maximum Gasteiger partial charge on any atom is 0.336 e. The van der Waals surface area contributed by atoms with Crippen LogP contribution in [-0.2, 0) is 26.2 Å². The summed E-state index contributed by atoms with van der Waals surface area (Å²) in [6, 6.07) is 14.6. The van der Waals surface area contributed by atoms with Gasteiger partial charge in [0.1, 0.15) is 6.67 Å². The zero-order valence-corrected chi connectivity index (χ0v) is 20.5. The van der Waals surface area contributed by atoms with E-state index in [1.54, 1.807) is 27.3 Å². The molecule has 0 aliphatic heterocycles. The number of nitrogens with zero attached hydrogens (tertiary/aromatic N) is 2. The van der Waals surface area contributed by atoms with Crippen LogP contribution in [0, 0.1) is 5.92 Å². The van der Waals surface area contributed by atoms with Crippen LogP contribution in [0.3, 0.4) is 0 Å². The van der Waals surface area contributed by atoms with Crippen LogP contribution in [0.4, 0.5) is 4.39 Å². The van der Waals surface area contributed by atoms with Crippen LogP contribution in [0.25, 0.3) is 11.1 Å². The number of aromatic nitrogens is 2. The number of hydrogen-bond donors (Lipinski definition) is 1. The fraction of sp³-hybridized carbons (Fsp3) is 0.448. The predicted molar refractivity (Wildman–Crippen MR) is 137 cm³/mol. The number of alkyl halides is 1. The molecule has 1 fully saturated rings. The van der Waals surface area contributed by atoms with E-state index in [0.717, 1.165) is 42.5 Å².